The summed E-state index contributed by atoms with van der Waals surface area (Å²) < 4.78 is 27.9. The van der Waals surface area contributed by atoms with Gasteiger partial charge in [-0.25, -0.2) is 8.42 Å². The molecule has 6 nitrogen and oxygen atoms in total. The van der Waals surface area contributed by atoms with Gasteiger partial charge in [-0.3, -0.25) is 4.99 Å². The van der Waals surface area contributed by atoms with Crippen molar-refractivity contribution in [2.45, 2.75) is 32.7 Å². The SMILES string of the molecule is C#CCOc1ccc(CCN=C(NCC)NC(C)CCS(C)(=O)=O)cc1.I. The van der Waals surface area contributed by atoms with Crippen molar-refractivity contribution in [1.82, 2.24) is 10.6 Å². The molecule has 27 heavy (non-hydrogen) atoms. The van der Waals surface area contributed by atoms with Crippen molar-refractivity contribution in [2.24, 2.45) is 4.99 Å². The van der Waals surface area contributed by atoms with E-state index in [2.05, 4.69) is 21.5 Å². The molecule has 152 valence electrons. The van der Waals surface area contributed by atoms with Crippen LogP contribution in [0.2, 0.25) is 0 Å². The lowest BCUT2D eigenvalue weighted by Gasteiger charge is -2.17. The zero-order valence-electron chi connectivity index (χ0n) is 16.2. The molecule has 0 heterocycles. The number of ether oxygens (including phenoxy) is 1. The monoisotopic (exact) mass is 507 g/mol. The third-order valence-corrected chi connectivity index (χ3v) is 4.54. The highest BCUT2D eigenvalue weighted by molar-refractivity contribution is 14.0. The van der Waals surface area contributed by atoms with Crippen LogP contribution in [0.5, 0.6) is 5.75 Å². The normalized spacial score (nSPS) is 12.4. The van der Waals surface area contributed by atoms with Crippen molar-refractivity contribution >= 4 is 39.8 Å². The smallest absolute Gasteiger partial charge is 0.191 e. The fourth-order valence-electron chi connectivity index (χ4n) is 2.19. The summed E-state index contributed by atoms with van der Waals surface area (Å²) in [5, 5.41) is 6.42. The summed E-state index contributed by atoms with van der Waals surface area (Å²) in [6.45, 7) is 5.57. The molecular weight excluding hydrogens is 477 g/mol. The number of sulfone groups is 1. The molecule has 0 saturated carbocycles. The number of rotatable bonds is 10. The highest BCUT2D eigenvalue weighted by Gasteiger charge is 2.09. The molecule has 1 aromatic rings. The number of nitrogens with zero attached hydrogens (tertiary/aromatic N) is 1. The number of aliphatic imine (C=N–C) groups is 1. The Morgan fingerprint density at radius 3 is 2.56 bits per heavy atom. The van der Waals surface area contributed by atoms with E-state index in [1.54, 1.807) is 0 Å². The van der Waals surface area contributed by atoms with Gasteiger partial charge in [-0.05, 0) is 44.4 Å². The van der Waals surface area contributed by atoms with Gasteiger partial charge in [0.25, 0.3) is 0 Å². The molecule has 0 bridgehead atoms. The van der Waals surface area contributed by atoms with Crippen molar-refractivity contribution < 1.29 is 13.2 Å². The van der Waals surface area contributed by atoms with E-state index in [-0.39, 0.29) is 42.4 Å². The zero-order valence-corrected chi connectivity index (χ0v) is 19.3. The molecule has 2 N–H and O–H groups in total. The molecule has 8 heteroatoms. The summed E-state index contributed by atoms with van der Waals surface area (Å²) in [7, 11) is -2.95. The van der Waals surface area contributed by atoms with E-state index in [9.17, 15) is 8.42 Å². The summed E-state index contributed by atoms with van der Waals surface area (Å²) in [6.07, 6.45) is 7.76. The Morgan fingerprint density at radius 1 is 1.33 bits per heavy atom. The molecule has 0 aliphatic heterocycles. The van der Waals surface area contributed by atoms with Crippen molar-refractivity contribution in [2.75, 3.05) is 31.7 Å². The van der Waals surface area contributed by atoms with Crippen LogP contribution in [0.4, 0.5) is 0 Å². The second kappa shape index (κ2) is 13.7. The Bertz CT molecular complexity index is 713. The van der Waals surface area contributed by atoms with Crippen molar-refractivity contribution in [3.8, 4) is 18.1 Å². The lowest BCUT2D eigenvalue weighted by Crippen LogP contribution is -2.43. The summed E-state index contributed by atoms with van der Waals surface area (Å²) in [6, 6.07) is 7.81. The maximum atomic E-state index is 11.3. The van der Waals surface area contributed by atoms with Crippen LogP contribution in [-0.2, 0) is 16.3 Å². The third-order valence-electron chi connectivity index (χ3n) is 3.56. The number of hydrogen-bond acceptors (Lipinski definition) is 4. The highest BCUT2D eigenvalue weighted by atomic mass is 127. The van der Waals surface area contributed by atoms with Gasteiger partial charge in [-0.15, -0.1) is 30.4 Å². The Labute approximate surface area is 180 Å². The van der Waals surface area contributed by atoms with Crippen LogP contribution in [0.1, 0.15) is 25.8 Å². The van der Waals surface area contributed by atoms with Gasteiger partial charge in [-0.2, -0.15) is 0 Å². The highest BCUT2D eigenvalue weighted by Crippen LogP contribution is 2.12. The van der Waals surface area contributed by atoms with E-state index in [1.807, 2.05) is 38.1 Å². The average molecular weight is 507 g/mol. The first kappa shape index (κ1) is 25.5. The Balaban J connectivity index is 0.00000676. The predicted molar refractivity (Wildman–Crippen MR) is 123 cm³/mol. The van der Waals surface area contributed by atoms with Gasteiger partial charge in [0.05, 0.1) is 5.75 Å². The number of hydrogen-bond donors (Lipinski definition) is 2. The van der Waals surface area contributed by atoms with Crippen molar-refractivity contribution in [3.63, 3.8) is 0 Å². The number of guanidine groups is 1. The van der Waals surface area contributed by atoms with Crippen LogP contribution < -0.4 is 15.4 Å². The Hall–Kier alpha value is -1.47. The molecule has 0 amide bonds. The summed E-state index contributed by atoms with van der Waals surface area (Å²) in [5.41, 5.74) is 1.16. The minimum atomic E-state index is -2.95. The quantitative estimate of drug-likeness (QED) is 0.220. The number of nitrogens with one attached hydrogen (secondary N) is 2. The molecule has 0 fully saturated rings. The van der Waals surface area contributed by atoms with Crippen LogP contribution in [0.25, 0.3) is 0 Å². The fraction of sp³-hybridized carbons (Fsp3) is 0.526. The largest absolute Gasteiger partial charge is 0.481 e. The second-order valence-corrected chi connectivity index (χ2v) is 8.37. The van der Waals surface area contributed by atoms with Crippen molar-refractivity contribution in [1.29, 1.82) is 0 Å². The Kier molecular flexibility index (Phi) is 12.9. The summed E-state index contributed by atoms with van der Waals surface area (Å²) in [4.78, 5) is 4.55. The van der Waals surface area contributed by atoms with E-state index < -0.39 is 9.84 Å². The summed E-state index contributed by atoms with van der Waals surface area (Å²) in [5.74, 6) is 4.05. The maximum Gasteiger partial charge on any atom is 0.191 e. The second-order valence-electron chi connectivity index (χ2n) is 6.11. The van der Waals surface area contributed by atoms with Gasteiger partial charge in [0, 0.05) is 25.4 Å². The lowest BCUT2D eigenvalue weighted by atomic mass is 10.1. The first-order valence-electron chi connectivity index (χ1n) is 8.71. The zero-order chi connectivity index (χ0) is 19.4. The topological polar surface area (TPSA) is 79.8 Å². The van der Waals surface area contributed by atoms with Gasteiger partial charge in [0.1, 0.15) is 22.2 Å². The minimum absolute atomic E-state index is 0. The standard InChI is InChI=1S/C19H29N3O3S.HI/c1-5-14-25-18-9-7-17(8-10-18)11-13-21-19(20-6-2)22-16(3)12-15-26(4,23)24;/h1,7-10,16H,6,11-15H2,2-4H3,(H2,20,21,22);1H. The molecule has 1 unspecified atom stereocenters. The van der Waals surface area contributed by atoms with E-state index in [4.69, 9.17) is 11.2 Å². The minimum Gasteiger partial charge on any atom is -0.481 e. The van der Waals surface area contributed by atoms with Crippen LogP contribution in [0, 0.1) is 12.3 Å². The first-order chi connectivity index (χ1) is 12.3. The molecule has 1 aromatic carbocycles. The maximum absolute atomic E-state index is 11.3. The van der Waals surface area contributed by atoms with E-state index in [0.717, 1.165) is 24.3 Å². The predicted octanol–water partition coefficient (Wildman–Crippen LogP) is 2.24. The van der Waals surface area contributed by atoms with E-state index in [0.29, 0.717) is 18.9 Å². The molecule has 1 rings (SSSR count). The van der Waals surface area contributed by atoms with Crippen LogP contribution in [-0.4, -0.2) is 52.1 Å². The molecule has 0 aliphatic carbocycles. The van der Waals surface area contributed by atoms with Gasteiger partial charge in [-0.1, -0.05) is 18.1 Å². The van der Waals surface area contributed by atoms with Gasteiger partial charge >= 0.3 is 0 Å². The first-order valence-corrected chi connectivity index (χ1v) is 10.8. The molecule has 0 spiro atoms. The van der Waals surface area contributed by atoms with Gasteiger partial charge in [0.15, 0.2) is 5.96 Å². The molecule has 0 saturated heterocycles. The lowest BCUT2D eigenvalue weighted by molar-refractivity contribution is 0.370. The van der Waals surface area contributed by atoms with Crippen LogP contribution in [0.15, 0.2) is 29.3 Å². The number of benzene rings is 1. The van der Waals surface area contributed by atoms with Crippen LogP contribution >= 0.6 is 24.0 Å². The average Bonchev–Trinajstić information content (AvgIpc) is 2.59. The summed E-state index contributed by atoms with van der Waals surface area (Å²) >= 11 is 0. The van der Waals surface area contributed by atoms with Gasteiger partial charge in [0.2, 0.25) is 0 Å². The van der Waals surface area contributed by atoms with Crippen LogP contribution in [0.3, 0.4) is 0 Å². The number of terminal acetylenes is 1. The third kappa shape index (κ3) is 12.5. The molecule has 1 atom stereocenters. The van der Waals surface area contributed by atoms with Crippen molar-refractivity contribution in [3.05, 3.63) is 29.8 Å². The molecule has 0 radical (unpaired) electrons. The fourth-order valence-corrected chi connectivity index (χ4v) is 2.97. The molecular formula is C19H30IN3O3S. The van der Waals surface area contributed by atoms with E-state index in [1.165, 1.54) is 6.26 Å². The molecule has 0 aromatic heterocycles. The number of halogens is 1. The van der Waals surface area contributed by atoms with E-state index >= 15 is 0 Å². The Morgan fingerprint density at radius 2 is 2.00 bits per heavy atom. The molecule has 0 aliphatic rings. The van der Waals surface area contributed by atoms with Gasteiger partial charge < -0.3 is 15.4 Å².